The molecule has 1 unspecified atom stereocenters. The number of hydrogen-bond donors (Lipinski definition) is 11. The number of nitrogens with one attached hydrogen (secondary N) is 5. The van der Waals surface area contributed by atoms with Gasteiger partial charge in [-0.3, -0.25) is 37.6 Å². The fourth-order valence-corrected chi connectivity index (χ4v) is 13.8. The lowest BCUT2D eigenvalue weighted by atomic mass is 10.0. The average molecular weight is 1330 g/mol. The van der Waals surface area contributed by atoms with Gasteiger partial charge in [-0.25, -0.2) is 18.7 Å². The number of aliphatic hydroxyl groups excluding tert-OH is 1. The van der Waals surface area contributed by atoms with Gasteiger partial charge < -0.3 is 80.7 Å². The number of nitrogens with zero attached hydrogens (tertiary/aromatic N) is 4. The van der Waals surface area contributed by atoms with E-state index in [4.69, 9.17) is 39.2 Å². The number of phosphoric acid groups is 2. The van der Waals surface area contributed by atoms with E-state index in [-0.39, 0.29) is 98.1 Å². The van der Waals surface area contributed by atoms with Crippen molar-refractivity contribution in [3.8, 4) is 0 Å². The predicted octanol–water partition coefficient (Wildman–Crippen LogP) is 2.11. The van der Waals surface area contributed by atoms with Gasteiger partial charge in [0.2, 0.25) is 17.7 Å². The second kappa shape index (κ2) is 38.9. The van der Waals surface area contributed by atoms with Crippen LogP contribution < -0.4 is 38.0 Å². The number of thioether (sulfide) groups is 1. The van der Waals surface area contributed by atoms with E-state index in [0.29, 0.717) is 127 Å². The third-order valence-electron chi connectivity index (χ3n) is 14.1. The Kier molecular flexibility index (Phi) is 33.1. The van der Waals surface area contributed by atoms with E-state index in [1.807, 2.05) is 18.7 Å². The molecule has 4 aliphatic rings. The number of nitrogen functional groups attached to an aromatic ring is 1. The number of aliphatic hydroxyl groups is 1. The van der Waals surface area contributed by atoms with Gasteiger partial charge in [-0.2, -0.15) is 27.0 Å². The number of aromatic nitrogens is 2. The Balaban J connectivity index is 0.928. The Morgan fingerprint density at radius 3 is 2.14 bits per heavy atom. The summed E-state index contributed by atoms with van der Waals surface area (Å²) < 4.78 is 60.6. The zero-order valence-corrected chi connectivity index (χ0v) is 53.1. The highest BCUT2D eigenvalue weighted by Gasteiger charge is 2.49. The van der Waals surface area contributed by atoms with E-state index in [1.54, 1.807) is 0 Å². The van der Waals surface area contributed by atoms with Crippen molar-refractivity contribution in [3.05, 3.63) is 22.2 Å². The third kappa shape index (κ3) is 29.9. The van der Waals surface area contributed by atoms with Crippen molar-refractivity contribution in [3.63, 3.8) is 0 Å². The lowest BCUT2D eigenvalue weighted by Crippen LogP contribution is -2.47. The van der Waals surface area contributed by atoms with Gasteiger partial charge in [0.15, 0.2) is 11.9 Å². The number of ketones is 2. The SMILES string of the molecule is CC1(CCC(=O)NCCSSCCC(=O)N[C@@H](CCCCCC(=O)CCOCCOCCOCCOCCCC(=O)CCCC[C@@H]2SC[C@@H]3NC(=O)N[C@@H]32)C(=O)NCCCc2cn([C@@H]3O[C@H](COP(=O)(O)O)C(OP(=O)(O)O)[C@@H]3O)c(=O)nc2N)N=N1. The number of phosphoric ester groups is 2. The van der Waals surface area contributed by atoms with E-state index in [9.17, 15) is 57.6 Å². The summed E-state index contributed by atoms with van der Waals surface area (Å²) in [7, 11) is -7.48. The zero-order valence-electron chi connectivity index (χ0n) is 48.9. The number of unbranched alkanes of at least 4 members (excludes halogenated alkanes) is 3. The average Bonchev–Trinajstić information content (AvgIpc) is 1.92. The van der Waals surface area contributed by atoms with Crippen LogP contribution in [0.15, 0.2) is 21.2 Å². The third-order valence-corrected chi connectivity index (χ3v) is 19.0. The number of fused-ring (bicyclic) bond motifs is 1. The van der Waals surface area contributed by atoms with Crippen molar-refractivity contribution in [2.24, 2.45) is 10.2 Å². The van der Waals surface area contributed by atoms with E-state index in [2.05, 4.69) is 50.8 Å². The molecule has 4 aliphatic heterocycles. The summed E-state index contributed by atoms with van der Waals surface area (Å²) in [6, 6.07) is -0.598. The summed E-state index contributed by atoms with van der Waals surface area (Å²) in [5.74, 6) is 1.12. The maximum atomic E-state index is 13.6. The standard InChI is InChI=1S/C51H86N10O21P2S3/c1-51(59-60-51)18-15-41(64)53-20-30-87-86-29-17-42(65)55-37(47(67)54-19-7-9-34-31-61(50(69)58-46(34)52)48-44(66)45(82-84(73,74)75)39(81-48)32-80-83(70,71)72)13-4-2-3-10-36(63)16-22-77-24-26-79-28-27-78-25-23-76-21-8-12-35(62)11-5-6-14-40-43-38(33-85-40)56-49(68)57-43/h31,37-40,43-45,48,66H,2-30,32-33H2,1H3,(H,53,64)(H,54,67)(H,55,65)(H2,52,58,69)(H2,56,57,68)(H2,70,71,72)(H2,73,74,75)/t37-,38-,39+,40-,43-,44-,45?,48+/m0/s1. The van der Waals surface area contributed by atoms with Crippen LogP contribution in [0.25, 0.3) is 0 Å². The van der Waals surface area contributed by atoms with Crippen LogP contribution in [0.5, 0.6) is 0 Å². The number of carbonyl (C=O) groups is 6. The molecule has 0 aromatic carbocycles. The van der Waals surface area contributed by atoms with Gasteiger partial charge in [-0.05, 0) is 51.9 Å². The zero-order chi connectivity index (χ0) is 63.2. The van der Waals surface area contributed by atoms with Gasteiger partial charge in [0, 0.05) is 98.9 Å². The van der Waals surface area contributed by atoms with Crippen molar-refractivity contribution >= 4 is 90.1 Å². The van der Waals surface area contributed by atoms with E-state index in [0.717, 1.165) is 29.6 Å². The minimum atomic E-state index is -5.31. The summed E-state index contributed by atoms with van der Waals surface area (Å²) in [5, 5.41) is 33.6. The molecule has 1 aromatic rings. The lowest BCUT2D eigenvalue weighted by molar-refractivity contribution is -0.129. The molecule has 87 heavy (non-hydrogen) atoms. The molecule has 36 heteroatoms. The van der Waals surface area contributed by atoms with Crippen LogP contribution in [0.4, 0.5) is 10.6 Å². The molecule has 8 atom stereocenters. The first-order valence-electron chi connectivity index (χ1n) is 29.2. The Hall–Kier alpha value is -3.67. The van der Waals surface area contributed by atoms with Gasteiger partial charge >= 0.3 is 27.4 Å². The number of anilines is 1. The Morgan fingerprint density at radius 2 is 1.45 bits per heavy atom. The second-order valence-corrected chi connectivity index (χ2v) is 27.7. The number of aryl methyl sites for hydroxylation is 1. The summed E-state index contributed by atoms with van der Waals surface area (Å²) in [6.07, 6.45) is 2.19. The first-order valence-corrected chi connectivity index (χ1v) is 35.8. The molecular weight excluding hydrogens is 1250 g/mol. The van der Waals surface area contributed by atoms with Crippen molar-refractivity contribution in [1.82, 2.24) is 36.1 Å². The molecule has 0 spiro atoms. The van der Waals surface area contributed by atoms with Crippen LogP contribution >= 0.6 is 49.0 Å². The molecule has 3 fully saturated rings. The Bertz CT molecular complexity index is 2550. The first kappa shape index (κ1) is 74.1. The number of Topliss-reactive ketones (excluding diaryl/α,β-unsaturated/α-hetero) is 2. The largest absolute Gasteiger partial charge is 0.470 e. The number of carbonyl (C=O) groups excluding carboxylic acids is 6. The maximum absolute atomic E-state index is 13.6. The quantitative estimate of drug-likeness (QED) is 0.0193. The van der Waals surface area contributed by atoms with Crippen molar-refractivity contribution in [2.75, 3.05) is 95.5 Å². The van der Waals surface area contributed by atoms with Gasteiger partial charge in [-0.15, -0.1) is 0 Å². The van der Waals surface area contributed by atoms with Gasteiger partial charge in [0.05, 0.1) is 64.9 Å². The minimum Gasteiger partial charge on any atom is -0.386 e. The van der Waals surface area contributed by atoms with E-state index >= 15 is 0 Å². The molecule has 5 amide bonds. The molecule has 31 nitrogen and oxygen atoms in total. The summed E-state index contributed by atoms with van der Waals surface area (Å²) in [6.45, 7) is 4.30. The molecule has 12 N–H and O–H groups in total. The highest BCUT2D eigenvalue weighted by Crippen LogP contribution is 2.45. The van der Waals surface area contributed by atoms with Gasteiger partial charge in [0.25, 0.3) is 0 Å². The van der Waals surface area contributed by atoms with Crippen LogP contribution in [0.3, 0.4) is 0 Å². The fourth-order valence-electron chi connectivity index (χ4n) is 9.42. The molecule has 0 aliphatic carbocycles. The number of nitrogens with two attached hydrogens (primary N) is 1. The monoisotopic (exact) mass is 1330 g/mol. The summed E-state index contributed by atoms with van der Waals surface area (Å²) in [5.41, 5.74) is 4.79. The highest BCUT2D eigenvalue weighted by atomic mass is 33.1. The lowest BCUT2D eigenvalue weighted by Gasteiger charge is -2.21. The molecule has 0 bridgehead atoms. The summed E-state index contributed by atoms with van der Waals surface area (Å²) in [4.78, 5) is 129. The van der Waals surface area contributed by atoms with Crippen LogP contribution in [-0.2, 0) is 72.3 Å². The highest BCUT2D eigenvalue weighted by molar-refractivity contribution is 8.76. The van der Waals surface area contributed by atoms with Crippen LogP contribution in [0.2, 0.25) is 0 Å². The van der Waals surface area contributed by atoms with Crippen molar-refractivity contribution in [1.29, 1.82) is 0 Å². The molecule has 0 saturated carbocycles. The van der Waals surface area contributed by atoms with Crippen LogP contribution in [0, 0.1) is 0 Å². The minimum absolute atomic E-state index is 0.0191. The van der Waals surface area contributed by atoms with Crippen molar-refractivity contribution < 1.29 is 95.3 Å². The second-order valence-electron chi connectivity index (χ2n) is 21.3. The van der Waals surface area contributed by atoms with Crippen LogP contribution in [0.1, 0.15) is 121 Å². The summed E-state index contributed by atoms with van der Waals surface area (Å²) >= 11 is 1.88. The van der Waals surface area contributed by atoms with E-state index < -0.39 is 70.1 Å². The molecule has 0 radical (unpaired) electrons. The fraction of sp³-hybridized carbons (Fsp3) is 0.804. The number of ether oxygens (including phenoxy) is 5. The molecule has 494 valence electrons. The Morgan fingerprint density at radius 1 is 0.793 bits per heavy atom. The van der Waals surface area contributed by atoms with E-state index in [1.165, 1.54) is 27.8 Å². The molecule has 3 saturated heterocycles. The molecule has 1 aromatic heterocycles. The topological polar surface area (TPSA) is 448 Å². The first-order chi connectivity index (χ1) is 41.5. The molecule has 5 heterocycles. The molecule has 5 rings (SSSR count). The number of hydrogen-bond acceptors (Lipinski definition) is 24. The number of rotatable bonds is 49. The predicted molar refractivity (Wildman–Crippen MR) is 320 cm³/mol. The number of urea groups is 1. The smallest absolute Gasteiger partial charge is 0.386 e. The number of amides is 5. The normalized spacial score (nSPS) is 21.5. The van der Waals surface area contributed by atoms with Gasteiger partial charge in [-0.1, -0.05) is 40.9 Å². The maximum Gasteiger partial charge on any atom is 0.470 e. The van der Waals surface area contributed by atoms with Crippen LogP contribution in [-0.4, -0.2) is 207 Å². The Labute approximate surface area is 517 Å². The van der Waals surface area contributed by atoms with Gasteiger partial charge in [0.1, 0.15) is 41.7 Å². The molecular formula is C51H86N10O21P2S3. The van der Waals surface area contributed by atoms with Crippen molar-refractivity contribution in [2.45, 2.75) is 170 Å².